The molecule has 0 fully saturated rings. The number of benzene rings is 2. The van der Waals surface area contributed by atoms with E-state index in [1.807, 2.05) is 11.7 Å². The standard InChI is InChI=1S/C26H35N3/c1-6-8-9-10-13-21-16-19(3)25(20(4)17-21)22-14-11-15-23(18-22)26-27-24(12-7-2)28-29(26)5/h11,14-18H,6-10,12-13H2,1-5H3. The summed E-state index contributed by atoms with van der Waals surface area (Å²) in [4.78, 5) is 4.76. The molecule has 0 saturated carbocycles. The molecule has 0 amide bonds. The van der Waals surface area contributed by atoms with Crippen molar-refractivity contribution in [3.05, 3.63) is 58.9 Å². The Labute approximate surface area is 176 Å². The number of hydrogen-bond acceptors (Lipinski definition) is 2. The molecule has 0 aliphatic rings. The van der Waals surface area contributed by atoms with Crippen molar-refractivity contribution in [2.45, 2.75) is 72.6 Å². The lowest BCUT2D eigenvalue weighted by atomic mass is 9.91. The molecule has 0 aliphatic heterocycles. The van der Waals surface area contributed by atoms with E-state index in [1.54, 1.807) is 0 Å². The SMILES string of the molecule is CCCCCCc1cc(C)c(-c2cccc(-c3nc(CCC)nn3C)c2)c(C)c1. The van der Waals surface area contributed by atoms with Gasteiger partial charge in [-0.25, -0.2) is 9.67 Å². The molecule has 3 aromatic rings. The second-order valence-electron chi connectivity index (χ2n) is 8.22. The highest BCUT2D eigenvalue weighted by molar-refractivity contribution is 5.75. The Morgan fingerprint density at radius 1 is 0.828 bits per heavy atom. The molecule has 154 valence electrons. The van der Waals surface area contributed by atoms with E-state index in [4.69, 9.17) is 4.98 Å². The fourth-order valence-corrected chi connectivity index (χ4v) is 4.24. The summed E-state index contributed by atoms with van der Waals surface area (Å²) in [6, 6.07) is 13.5. The van der Waals surface area contributed by atoms with Gasteiger partial charge in [-0.2, -0.15) is 5.10 Å². The second kappa shape index (κ2) is 9.87. The Bertz CT molecular complexity index is 929. The summed E-state index contributed by atoms with van der Waals surface area (Å²) in [6.07, 6.45) is 8.41. The molecule has 2 aromatic carbocycles. The summed E-state index contributed by atoms with van der Waals surface area (Å²) >= 11 is 0. The van der Waals surface area contributed by atoms with E-state index >= 15 is 0 Å². The summed E-state index contributed by atoms with van der Waals surface area (Å²) in [6.45, 7) is 8.91. The third kappa shape index (κ3) is 5.14. The highest BCUT2D eigenvalue weighted by Gasteiger charge is 2.12. The first-order chi connectivity index (χ1) is 14.0. The molecule has 0 atom stereocenters. The molecule has 0 radical (unpaired) electrons. The number of rotatable bonds is 9. The maximum absolute atomic E-state index is 4.76. The van der Waals surface area contributed by atoms with Gasteiger partial charge in [-0.05, 0) is 67.0 Å². The van der Waals surface area contributed by atoms with Crippen LogP contribution in [-0.2, 0) is 19.9 Å². The van der Waals surface area contributed by atoms with Crippen LogP contribution in [0, 0.1) is 13.8 Å². The molecule has 1 heterocycles. The van der Waals surface area contributed by atoms with Gasteiger partial charge < -0.3 is 0 Å². The van der Waals surface area contributed by atoms with Crippen molar-refractivity contribution < 1.29 is 0 Å². The fraction of sp³-hybridized carbons (Fsp3) is 0.462. The first kappa shape index (κ1) is 21.3. The molecule has 0 bridgehead atoms. The number of aromatic nitrogens is 3. The Kier molecular flexibility index (Phi) is 7.24. The molecular weight excluding hydrogens is 354 g/mol. The minimum Gasteiger partial charge on any atom is -0.249 e. The predicted molar refractivity (Wildman–Crippen MR) is 123 cm³/mol. The molecular formula is C26H35N3. The molecule has 3 rings (SSSR count). The van der Waals surface area contributed by atoms with Gasteiger partial charge in [0.15, 0.2) is 11.6 Å². The number of aryl methyl sites for hydroxylation is 5. The van der Waals surface area contributed by atoms with Crippen LogP contribution in [0.25, 0.3) is 22.5 Å². The Hall–Kier alpha value is -2.42. The van der Waals surface area contributed by atoms with Crippen molar-refractivity contribution in [3.63, 3.8) is 0 Å². The van der Waals surface area contributed by atoms with Crippen LogP contribution in [0.1, 0.15) is 68.5 Å². The Balaban J connectivity index is 1.88. The van der Waals surface area contributed by atoms with Gasteiger partial charge in [0, 0.05) is 19.0 Å². The molecule has 0 N–H and O–H groups in total. The Morgan fingerprint density at radius 3 is 2.24 bits per heavy atom. The largest absolute Gasteiger partial charge is 0.249 e. The van der Waals surface area contributed by atoms with Crippen LogP contribution < -0.4 is 0 Å². The molecule has 3 heteroatoms. The van der Waals surface area contributed by atoms with Gasteiger partial charge in [-0.15, -0.1) is 0 Å². The van der Waals surface area contributed by atoms with Gasteiger partial charge in [0.1, 0.15) is 0 Å². The number of hydrogen-bond donors (Lipinski definition) is 0. The van der Waals surface area contributed by atoms with Crippen molar-refractivity contribution in [2.75, 3.05) is 0 Å². The minimum atomic E-state index is 0.922. The third-order valence-electron chi connectivity index (χ3n) is 5.60. The third-order valence-corrected chi connectivity index (χ3v) is 5.60. The zero-order valence-electron chi connectivity index (χ0n) is 18.8. The monoisotopic (exact) mass is 389 g/mol. The Morgan fingerprint density at radius 2 is 1.55 bits per heavy atom. The van der Waals surface area contributed by atoms with E-state index in [0.29, 0.717) is 0 Å². The van der Waals surface area contributed by atoms with E-state index in [1.165, 1.54) is 59.9 Å². The van der Waals surface area contributed by atoms with Crippen LogP contribution in [0.15, 0.2) is 36.4 Å². The molecule has 0 aliphatic carbocycles. The van der Waals surface area contributed by atoms with Gasteiger partial charge >= 0.3 is 0 Å². The molecule has 0 saturated heterocycles. The topological polar surface area (TPSA) is 30.7 Å². The van der Waals surface area contributed by atoms with Crippen molar-refractivity contribution in [1.29, 1.82) is 0 Å². The average molecular weight is 390 g/mol. The minimum absolute atomic E-state index is 0.922. The fourth-order valence-electron chi connectivity index (χ4n) is 4.24. The van der Waals surface area contributed by atoms with Crippen LogP contribution in [0.3, 0.4) is 0 Å². The van der Waals surface area contributed by atoms with Crippen LogP contribution >= 0.6 is 0 Å². The number of unbranched alkanes of at least 4 members (excludes halogenated alkanes) is 3. The summed E-state index contributed by atoms with van der Waals surface area (Å²) in [5.74, 6) is 1.87. The second-order valence-corrected chi connectivity index (χ2v) is 8.22. The van der Waals surface area contributed by atoms with Crippen molar-refractivity contribution in [2.24, 2.45) is 7.05 Å². The molecule has 29 heavy (non-hydrogen) atoms. The van der Waals surface area contributed by atoms with Gasteiger partial charge in [0.05, 0.1) is 0 Å². The lowest BCUT2D eigenvalue weighted by Gasteiger charge is -2.14. The lowest BCUT2D eigenvalue weighted by molar-refractivity contribution is 0.666. The lowest BCUT2D eigenvalue weighted by Crippen LogP contribution is -1.96. The van der Waals surface area contributed by atoms with Crippen LogP contribution in [0.5, 0.6) is 0 Å². The van der Waals surface area contributed by atoms with Crippen molar-refractivity contribution in [3.8, 4) is 22.5 Å². The zero-order chi connectivity index (χ0) is 20.8. The number of nitrogens with zero attached hydrogens (tertiary/aromatic N) is 3. The highest BCUT2D eigenvalue weighted by atomic mass is 15.3. The quantitative estimate of drug-likeness (QED) is 0.375. The van der Waals surface area contributed by atoms with Gasteiger partial charge in [0.25, 0.3) is 0 Å². The zero-order valence-corrected chi connectivity index (χ0v) is 18.8. The first-order valence-electron chi connectivity index (χ1n) is 11.1. The van der Waals surface area contributed by atoms with Crippen molar-refractivity contribution >= 4 is 0 Å². The predicted octanol–water partition coefficient (Wildman–Crippen LogP) is 6.84. The summed E-state index contributed by atoms with van der Waals surface area (Å²) in [5.41, 5.74) is 7.92. The maximum atomic E-state index is 4.76. The van der Waals surface area contributed by atoms with Gasteiger partial charge in [-0.3, -0.25) is 0 Å². The molecule has 0 unspecified atom stereocenters. The molecule has 1 aromatic heterocycles. The van der Waals surface area contributed by atoms with E-state index < -0.39 is 0 Å². The van der Waals surface area contributed by atoms with Crippen LogP contribution in [0.2, 0.25) is 0 Å². The summed E-state index contributed by atoms with van der Waals surface area (Å²) in [7, 11) is 1.98. The summed E-state index contributed by atoms with van der Waals surface area (Å²) in [5, 5.41) is 4.57. The van der Waals surface area contributed by atoms with Crippen molar-refractivity contribution in [1.82, 2.24) is 14.8 Å². The van der Waals surface area contributed by atoms with Crippen LogP contribution in [-0.4, -0.2) is 14.8 Å². The normalized spacial score (nSPS) is 11.2. The molecule has 3 nitrogen and oxygen atoms in total. The van der Waals surface area contributed by atoms with Gasteiger partial charge in [0.2, 0.25) is 0 Å². The van der Waals surface area contributed by atoms with E-state index in [0.717, 1.165) is 30.1 Å². The first-order valence-corrected chi connectivity index (χ1v) is 11.1. The van der Waals surface area contributed by atoms with E-state index in [2.05, 4.69) is 69.2 Å². The van der Waals surface area contributed by atoms with E-state index in [-0.39, 0.29) is 0 Å². The highest BCUT2D eigenvalue weighted by Crippen LogP contribution is 2.31. The van der Waals surface area contributed by atoms with Gasteiger partial charge in [-0.1, -0.05) is 63.4 Å². The average Bonchev–Trinajstić information content (AvgIpc) is 3.06. The van der Waals surface area contributed by atoms with E-state index in [9.17, 15) is 0 Å². The smallest absolute Gasteiger partial charge is 0.158 e. The maximum Gasteiger partial charge on any atom is 0.158 e. The molecule has 0 spiro atoms. The summed E-state index contributed by atoms with van der Waals surface area (Å²) < 4.78 is 1.91. The van der Waals surface area contributed by atoms with Crippen LogP contribution in [0.4, 0.5) is 0 Å².